The molecule has 0 amide bonds. The van der Waals surface area contributed by atoms with Crippen molar-refractivity contribution in [3.63, 3.8) is 0 Å². The highest BCUT2D eigenvalue weighted by Gasteiger charge is 2.15. The fraction of sp³-hybridized carbons (Fsp3) is 0.500. The maximum absolute atomic E-state index is 3.38. The number of allylic oxidation sites excluding steroid dienone is 5. The normalized spacial score (nSPS) is 25.4. The van der Waals surface area contributed by atoms with Gasteiger partial charge < -0.3 is 10.2 Å². The Hall–Kier alpha value is -1.02. The fourth-order valence-corrected chi connectivity index (χ4v) is 2.05. The number of nitrogens with zero attached hydrogens (tertiary/aromatic N) is 1. The van der Waals surface area contributed by atoms with Gasteiger partial charge in [0.2, 0.25) is 0 Å². The Morgan fingerprint density at radius 3 is 2.86 bits per heavy atom. The molecule has 0 aromatic heterocycles. The number of hydrogen-bond donors (Lipinski definition) is 1. The molecule has 1 heterocycles. The van der Waals surface area contributed by atoms with E-state index in [9.17, 15) is 0 Å². The molecule has 2 nitrogen and oxygen atoms in total. The van der Waals surface area contributed by atoms with E-state index in [1.54, 1.807) is 0 Å². The van der Waals surface area contributed by atoms with Crippen molar-refractivity contribution in [1.82, 2.24) is 10.2 Å². The van der Waals surface area contributed by atoms with Gasteiger partial charge in [-0.3, -0.25) is 0 Å². The van der Waals surface area contributed by atoms with Crippen LogP contribution in [0.15, 0.2) is 35.6 Å². The van der Waals surface area contributed by atoms with E-state index in [4.69, 9.17) is 0 Å². The Bertz CT molecular complexity index is 281. The van der Waals surface area contributed by atoms with Crippen LogP contribution in [0.3, 0.4) is 0 Å². The first-order chi connectivity index (χ1) is 6.92. The van der Waals surface area contributed by atoms with Crippen molar-refractivity contribution < 1.29 is 0 Å². The second kappa shape index (κ2) is 4.47. The summed E-state index contributed by atoms with van der Waals surface area (Å²) in [7, 11) is 0. The van der Waals surface area contributed by atoms with Gasteiger partial charge in [0, 0.05) is 31.9 Å². The van der Waals surface area contributed by atoms with Crippen LogP contribution in [0.2, 0.25) is 0 Å². The average molecular weight is 190 g/mol. The lowest BCUT2D eigenvalue weighted by Gasteiger charge is -2.33. The summed E-state index contributed by atoms with van der Waals surface area (Å²) in [5.41, 5.74) is 2.89. The van der Waals surface area contributed by atoms with Gasteiger partial charge in [-0.25, -0.2) is 0 Å². The second-order valence-electron chi connectivity index (χ2n) is 3.74. The van der Waals surface area contributed by atoms with Gasteiger partial charge in [-0.2, -0.15) is 0 Å². The van der Waals surface area contributed by atoms with Crippen LogP contribution >= 0.6 is 0 Å². The van der Waals surface area contributed by atoms with Crippen LogP contribution in [0.5, 0.6) is 0 Å². The number of piperazine rings is 1. The highest BCUT2D eigenvalue weighted by Crippen LogP contribution is 2.23. The summed E-state index contributed by atoms with van der Waals surface area (Å²) in [4.78, 5) is 2.48. The Morgan fingerprint density at radius 2 is 2.14 bits per heavy atom. The van der Waals surface area contributed by atoms with Gasteiger partial charge in [0.05, 0.1) is 0 Å². The Kier molecular flexibility index (Phi) is 3.04. The van der Waals surface area contributed by atoms with E-state index < -0.39 is 0 Å². The van der Waals surface area contributed by atoms with Crippen molar-refractivity contribution in [3.8, 4) is 0 Å². The van der Waals surface area contributed by atoms with Gasteiger partial charge in [0.25, 0.3) is 0 Å². The van der Waals surface area contributed by atoms with Crippen LogP contribution in [-0.4, -0.2) is 31.1 Å². The monoisotopic (exact) mass is 190 g/mol. The smallest absolute Gasteiger partial charge is 0.0399 e. The minimum atomic E-state index is 1.09. The number of nitrogens with one attached hydrogen (secondary N) is 1. The molecule has 2 aliphatic rings. The van der Waals surface area contributed by atoms with Crippen molar-refractivity contribution in [2.24, 2.45) is 0 Å². The van der Waals surface area contributed by atoms with E-state index in [2.05, 4.69) is 41.4 Å². The molecule has 2 heteroatoms. The SMILES string of the molecule is C/C=C1\CC=CC=C1N1CCNCC1. The standard InChI is InChI=1S/C12H18N2/c1-2-11-5-3-4-6-12(11)14-9-7-13-8-10-14/h2-4,6,13H,5,7-10H2,1H3/b11-2+. The van der Waals surface area contributed by atoms with Crippen LogP contribution in [0, 0.1) is 0 Å². The quantitative estimate of drug-likeness (QED) is 0.677. The van der Waals surface area contributed by atoms with Crippen molar-refractivity contribution in [1.29, 1.82) is 0 Å². The molecule has 0 aromatic rings. The van der Waals surface area contributed by atoms with Crippen LogP contribution < -0.4 is 5.32 Å². The zero-order valence-electron chi connectivity index (χ0n) is 8.79. The Labute approximate surface area is 86.0 Å². The molecule has 1 N–H and O–H groups in total. The maximum Gasteiger partial charge on any atom is 0.0399 e. The Morgan fingerprint density at radius 1 is 1.36 bits per heavy atom. The van der Waals surface area contributed by atoms with Gasteiger partial charge in [0.15, 0.2) is 0 Å². The zero-order chi connectivity index (χ0) is 9.80. The Balaban J connectivity index is 2.13. The highest BCUT2D eigenvalue weighted by atomic mass is 15.2. The number of rotatable bonds is 1. The van der Waals surface area contributed by atoms with Crippen LogP contribution in [0.25, 0.3) is 0 Å². The molecule has 0 unspecified atom stereocenters. The molecule has 0 aromatic carbocycles. The van der Waals surface area contributed by atoms with E-state index in [0.29, 0.717) is 0 Å². The van der Waals surface area contributed by atoms with Crippen LogP contribution in [0.4, 0.5) is 0 Å². The first kappa shape index (κ1) is 9.53. The molecule has 1 aliphatic carbocycles. The van der Waals surface area contributed by atoms with E-state index in [1.807, 2.05) is 0 Å². The van der Waals surface area contributed by atoms with Gasteiger partial charge in [-0.1, -0.05) is 18.2 Å². The molecule has 0 atom stereocenters. The van der Waals surface area contributed by atoms with Crippen molar-refractivity contribution in [3.05, 3.63) is 35.6 Å². The molecule has 1 aliphatic heterocycles. The third-order valence-corrected chi connectivity index (χ3v) is 2.86. The third-order valence-electron chi connectivity index (χ3n) is 2.86. The van der Waals surface area contributed by atoms with Gasteiger partial charge in [-0.05, 0) is 25.0 Å². The number of hydrogen-bond acceptors (Lipinski definition) is 2. The summed E-state index contributed by atoms with van der Waals surface area (Å²) in [5, 5.41) is 3.38. The van der Waals surface area contributed by atoms with E-state index >= 15 is 0 Å². The predicted octanol–water partition coefficient (Wildman–Crippen LogP) is 1.68. The average Bonchev–Trinajstić information content (AvgIpc) is 2.30. The highest BCUT2D eigenvalue weighted by molar-refractivity contribution is 5.38. The molecule has 0 saturated carbocycles. The molecule has 1 saturated heterocycles. The lowest BCUT2D eigenvalue weighted by molar-refractivity contribution is 0.303. The topological polar surface area (TPSA) is 15.3 Å². The molecule has 0 spiro atoms. The van der Waals surface area contributed by atoms with Gasteiger partial charge in [-0.15, -0.1) is 0 Å². The molecular formula is C12H18N2. The minimum Gasteiger partial charge on any atom is -0.369 e. The van der Waals surface area contributed by atoms with Gasteiger partial charge >= 0.3 is 0 Å². The minimum absolute atomic E-state index is 1.09. The maximum atomic E-state index is 3.38. The van der Waals surface area contributed by atoms with Crippen LogP contribution in [-0.2, 0) is 0 Å². The summed E-state index contributed by atoms with van der Waals surface area (Å²) >= 11 is 0. The van der Waals surface area contributed by atoms with Gasteiger partial charge in [0.1, 0.15) is 0 Å². The second-order valence-corrected chi connectivity index (χ2v) is 3.74. The molecule has 14 heavy (non-hydrogen) atoms. The summed E-state index contributed by atoms with van der Waals surface area (Å²) in [6, 6.07) is 0. The van der Waals surface area contributed by atoms with Crippen molar-refractivity contribution >= 4 is 0 Å². The first-order valence-electron chi connectivity index (χ1n) is 5.40. The molecular weight excluding hydrogens is 172 g/mol. The van der Waals surface area contributed by atoms with E-state index in [-0.39, 0.29) is 0 Å². The molecule has 2 rings (SSSR count). The molecule has 0 radical (unpaired) electrons. The molecule has 76 valence electrons. The predicted molar refractivity (Wildman–Crippen MR) is 60.0 cm³/mol. The zero-order valence-corrected chi connectivity index (χ0v) is 8.79. The summed E-state index contributed by atoms with van der Waals surface area (Å²) in [5.74, 6) is 0. The lowest BCUT2D eigenvalue weighted by Crippen LogP contribution is -2.43. The first-order valence-corrected chi connectivity index (χ1v) is 5.40. The fourth-order valence-electron chi connectivity index (χ4n) is 2.05. The van der Waals surface area contributed by atoms with Crippen molar-refractivity contribution in [2.45, 2.75) is 13.3 Å². The summed E-state index contributed by atoms with van der Waals surface area (Å²) < 4.78 is 0. The van der Waals surface area contributed by atoms with E-state index in [0.717, 1.165) is 32.6 Å². The summed E-state index contributed by atoms with van der Waals surface area (Å²) in [6.45, 7) is 6.62. The molecule has 1 fully saturated rings. The largest absolute Gasteiger partial charge is 0.369 e. The third kappa shape index (κ3) is 1.90. The van der Waals surface area contributed by atoms with Crippen LogP contribution in [0.1, 0.15) is 13.3 Å². The van der Waals surface area contributed by atoms with E-state index in [1.165, 1.54) is 11.3 Å². The summed E-state index contributed by atoms with van der Waals surface area (Å²) in [6.07, 6.45) is 9.96. The molecule has 0 bridgehead atoms. The van der Waals surface area contributed by atoms with Crippen molar-refractivity contribution in [2.75, 3.05) is 26.2 Å². The lowest BCUT2D eigenvalue weighted by atomic mass is 10.0.